The number of benzene rings is 2. The molecule has 2 rings (SSSR count). The van der Waals surface area contributed by atoms with Crippen LogP contribution in [0, 0.1) is 11.6 Å². The van der Waals surface area contributed by atoms with E-state index >= 15 is 0 Å². The fourth-order valence-corrected chi connectivity index (χ4v) is 1.94. The van der Waals surface area contributed by atoms with Crippen LogP contribution in [-0.2, 0) is 6.54 Å². The number of hydrogen-bond acceptors (Lipinski definition) is 1. The fourth-order valence-electron chi connectivity index (χ4n) is 1.94. The molecular weight excluding hydrogens is 268 g/mol. The molecule has 0 radical (unpaired) electrons. The number of halogens is 3. The molecule has 19 heavy (non-hydrogen) atoms. The Labute approximate surface area is 118 Å². The summed E-state index contributed by atoms with van der Waals surface area (Å²) < 4.78 is 26.2. The summed E-state index contributed by atoms with van der Waals surface area (Å²) >= 11 is 0. The van der Waals surface area contributed by atoms with E-state index in [1.165, 1.54) is 6.07 Å². The van der Waals surface area contributed by atoms with Crippen molar-refractivity contribution < 1.29 is 8.78 Å². The van der Waals surface area contributed by atoms with Crippen LogP contribution in [0.5, 0.6) is 0 Å². The fraction of sp³-hybridized carbons (Fsp3) is 0.200. The molecule has 0 atom stereocenters. The topological polar surface area (TPSA) is 3.24 Å². The Bertz CT molecular complexity index is 556. The zero-order valence-electron chi connectivity index (χ0n) is 10.9. The quantitative estimate of drug-likeness (QED) is 0.819. The first kappa shape index (κ1) is 15.6. The van der Waals surface area contributed by atoms with Gasteiger partial charge in [0.05, 0.1) is 0 Å². The molecule has 0 amide bonds. The highest BCUT2D eigenvalue weighted by Gasteiger charge is 2.08. The van der Waals surface area contributed by atoms with Crippen LogP contribution < -0.4 is 0 Å². The van der Waals surface area contributed by atoms with Crippen LogP contribution >= 0.6 is 12.4 Å². The van der Waals surface area contributed by atoms with Crippen LogP contribution in [-0.4, -0.2) is 19.0 Å². The van der Waals surface area contributed by atoms with Crippen molar-refractivity contribution in [3.8, 4) is 11.1 Å². The molecule has 0 aromatic heterocycles. The van der Waals surface area contributed by atoms with E-state index in [-0.39, 0.29) is 12.4 Å². The normalized spacial score (nSPS) is 10.4. The predicted octanol–water partition coefficient (Wildman–Crippen LogP) is 4.12. The van der Waals surface area contributed by atoms with Crippen LogP contribution in [0.2, 0.25) is 0 Å². The Morgan fingerprint density at radius 1 is 0.947 bits per heavy atom. The maximum atomic E-state index is 13.3. The molecule has 0 unspecified atom stereocenters. The average molecular weight is 284 g/mol. The third kappa shape index (κ3) is 3.75. The van der Waals surface area contributed by atoms with Gasteiger partial charge in [0.25, 0.3) is 0 Å². The molecule has 4 heteroatoms. The van der Waals surface area contributed by atoms with Gasteiger partial charge in [-0.05, 0) is 42.9 Å². The van der Waals surface area contributed by atoms with Crippen molar-refractivity contribution in [3.05, 3.63) is 59.7 Å². The number of nitrogens with zero attached hydrogens (tertiary/aromatic N) is 1. The van der Waals surface area contributed by atoms with Gasteiger partial charge in [0.1, 0.15) is 0 Å². The van der Waals surface area contributed by atoms with E-state index < -0.39 is 11.6 Å². The smallest absolute Gasteiger partial charge is 0.159 e. The van der Waals surface area contributed by atoms with E-state index in [9.17, 15) is 8.78 Å². The third-order valence-electron chi connectivity index (χ3n) is 2.73. The lowest BCUT2D eigenvalue weighted by atomic mass is 9.99. The summed E-state index contributed by atoms with van der Waals surface area (Å²) in [6.45, 7) is 0.759. The first-order valence-electron chi connectivity index (χ1n) is 5.76. The van der Waals surface area contributed by atoms with Gasteiger partial charge in [0, 0.05) is 6.54 Å². The second-order valence-electron chi connectivity index (χ2n) is 4.52. The standard InChI is InChI=1S/C15H15F2N.ClH/c1-18(2)10-12-5-3-4-6-13(12)11-7-8-14(16)15(17)9-11;/h3-9H,10H2,1-2H3;1H. The van der Waals surface area contributed by atoms with Crippen molar-refractivity contribution in [2.45, 2.75) is 6.54 Å². The highest BCUT2D eigenvalue weighted by atomic mass is 35.5. The molecule has 2 aromatic rings. The summed E-state index contributed by atoms with van der Waals surface area (Å²) in [5.74, 6) is -1.63. The van der Waals surface area contributed by atoms with E-state index in [0.717, 1.165) is 23.7 Å². The molecule has 1 nitrogen and oxygen atoms in total. The minimum atomic E-state index is -0.816. The predicted molar refractivity (Wildman–Crippen MR) is 76.4 cm³/mol. The zero-order chi connectivity index (χ0) is 13.1. The van der Waals surface area contributed by atoms with Gasteiger partial charge in [0.15, 0.2) is 11.6 Å². The van der Waals surface area contributed by atoms with E-state index in [0.29, 0.717) is 5.56 Å². The average Bonchev–Trinajstić information content (AvgIpc) is 2.33. The molecule has 0 N–H and O–H groups in total. The Morgan fingerprint density at radius 3 is 2.26 bits per heavy atom. The molecule has 0 heterocycles. The molecule has 102 valence electrons. The monoisotopic (exact) mass is 283 g/mol. The van der Waals surface area contributed by atoms with E-state index in [4.69, 9.17) is 0 Å². The maximum absolute atomic E-state index is 13.3. The third-order valence-corrected chi connectivity index (χ3v) is 2.73. The summed E-state index contributed by atoms with van der Waals surface area (Å²) in [5.41, 5.74) is 2.73. The van der Waals surface area contributed by atoms with Crippen molar-refractivity contribution in [2.75, 3.05) is 14.1 Å². The first-order chi connectivity index (χ1) is 8.58. The largest absolute Gasteiger partial charge is 0.305 e. The summed E-state index contributed by atoms with van der Waals surface area (Å²) in [4.78, 5) is 2.04. The summed E-state index contributed by atoms with van der Waals surface area (Å²) in [7, 11) is 3.95. The number of rotatable bonds is 3. The molecule has 0 saturated carbocycles. The minimum Gasteiger partial charge on any atom is -0.305 e. The second kappa shape index (κ2) is 6.64. The van der Waals surface area contributed by atoms with E-state index in [2.05, 4.69) is 0 Å². The Balaban J connectivity index is 0.00000180. The van der Waals surface area contributed by atoms with Crippen LogP contribution in [0.4, 0.5) is 8.78 Å². The zero-order valence-corrected chi connectivity index (χ0v) is 11.7. The number of hydrogen-bond donors (Lipinski definition) is 0. The van der Waals surface area contributed by atoms with Crippen molar-refractivity contribution in [1.29, 1.82) is 0 Å². The SMILES string of the molecule is CN(C)Cc1ccccc1-c1ccc(F)c(F)c1.Cl. The minimum absolute atomic E-state index is 0. The van der Waals surface area contributed by atoms with E-state index in [1.54, 1.807) is 6.07 Å². The Kier molecular flexibility index (Phi) is 5.45. The lowest BCUT2D eigenvalue weighted by Crippen LogP contribution is -2.11. The van der Waals surface area contributed by atoms with Gasteiger partial charge in [-0.15, -0.1) is 12.4 Å². The van der Waals surface area contributed by atoms with Crippen LogP contribution in [0.3, 0.4) is 0 Å². The second-order valence-corrected chi connectivity index (χ2v) is 4.52. The summed E-state index contributed by atoms with van der Waals surface area (Å²) in [6, 6.07) is 11.8. The molecular formula is C15H16ClF2N. The highest BCUT2D eigenvalue weighted by molar-refractivity contribution is 5.85. The van der Waals surface area contributed by atoms with E-state index in [1.807, 2.05) is 43.3 Å². The van der Waals surface area contributed by atoms with Gasteiger partial charge >= 0.3 is 0 Å². The van der Waals surface area contributed by atoms with Gasteiger partial charge in [0.2, 0.25) is 0 Å². The molecule has 0 aliphatic carbocycles. The molecule has 0 fully saturated rings. The van der Waals surface area contributed by atoms with Gasteiger partial charge in [-0.1, -0.05) is 30.3 Å². The van der Waals surface area contributed by atoms with Gasteiger partial charge in [-0.3, -0.25) is 0 Å². The molecule has 2 aromatic carbocycles. The van der Waals surface area contributed by atoms with Crippen molar-refractivity contribution >= 4 is 12.4 Å². The van der Waals surface area contributed by atoms with Gasteiger partial charge in [-0.2, -0.15) is 0 Å². The van der Waals surface area contributed by atoms with Crippen LogP contribution in [0.15, 0.2) is 42.5 Å². The lowest BCUT2D eigenvalue weighted by Gasteiger charge is -2.14. The Morgan fingerprint density at radius 2 is 1.63 bits per heavy atom. The summed E-state index contributed by atoms with van der Waals surface area (Å²) in [5, 5.41) is 0. The molecule has 0 aliphatic rings. The first-order valence-corrected chi connectivity index (χ1v) is 5.76. The highest BCUT2D eigenvalue weighted by Crippen LogP contribution is 2.25. The lowest BCUT2D eigenvalue weighted by molar-refractivity contribution is 0.403. The molecule has 0 bridgehead atoms. The van der Waals surface area contributed by atoms with Crippen molar-refractivity contribution in [2.24, 2.45) is 0 Å². The summed E-state index contributed by atoms with van der Waals surface area (Å²) in [6.07, 6.45) is 0. The van der Waals surface area contributed by atoms with Crippen LogP contribution in [0.25, 0.3) is 11.1 Å². The van der Waals surface area contributed by atoms with Crippen molar-refractivity contribution in [3.63, 3.8) is 0 Å². The van der Waals surface area contributed by atoms with Gasteiger partial charge < -0.3 is 4.90 Å². The molecule has 0 aliphatic heterocycles. The van der Waals surface area contributed by atoms with Crippen LogP contribution in [0.1, 0.15) is 5.56 Å². The van der Waals surface area contributed by atoms with Gasteiger partial charge in [-0.25, -0.2) is 8.78 Å². The van der Waals surface area contributed by atoms with Crippen molar-refractivity contribution in [1.82, 2.24) is 4.90 Å². The Hall–Kier alpha value is -1.45. The molecule has 0 saturated heterocycles. The molecule has 0 spiro atoms. The maximum Gasteiger partial charge on any atom is 0.159 e.